The molecule has 6 heteroatoms. The van der Waals surface area contributed by atoms with Crippen LogP contribution in [0.5, 0.6) is 0 Å². The molecule has 0 aliphatic heterocycles. The second-order valence-corrected chi connectivity index (χ2v) is 4.87. The summed E-state index contributed by atoms with van der Waals surface area (Å²) in [6.45, 7) is 2.20. The fourth-order valence-electron chi connectivity index (χ4n) is 2.56. The highest BCUT2D eigenvalue weighted by atomic mass is 16.2. The predicted molar refractivity (Wildman–Crippen MR) is 71.7 cm³/mol. The smallest absolute Gasteiger partial charge is 0.314 e. The average Bonchev–Trinajstić information content (AvgIpc) is 2.98. The molecule has 1 aliphatic carbocycles. The van der Waals surface area contributed by atoms with Crippen molar-refractivity contribution < 1.29 is 9.59 Å². The molecule has 0 saturated heterocycles. The molecule has 1 fully saturated rings. The highest BCUT2D eigenvalue weighted by molar-refractivity contribution is 6.39. The minimum Gasteiger partial charge on any atom is -0.348 e. The van der Waals surface area contributed by atoms with Gasteiger partial charge in [0, 0.05) is 31.3 Å². The minimum absolute atomic E-state index is 0.432. The van der Waals surface area contributed by atoms with Crippen molar-refractivity contribution in [2.45, 2.75) is 38.5 Å². The van der Waals surface area contributed by atoms with Gasteiger partial charge in [0.1, 0.15) is 0 Å². The molecule has 1 aliphatic rings. The van der Waals surface area contributed by atoms with Crippen LogP contribution in [0.1, 0.15) is 44.2 Å². The van der Waals surface area contributed by atoms with Crippen molar-refractivity contribution in [2.75, 3.05) is 11.9 Å². The van der Waals surface area contributed by atoms with Crippen LogP contribution in [0, 0.1) is 0 Å². The normalized spacial score (nSPS) is 15.5. The van der Waals surface area contributed by atoms with Crippen molar-refractivity contribution in [2.24, 2.45) is 7.05 Å². The first-order valence-corrected chi connectivity index (χ1v) is 6.75. The zero-order valence-corrected chi connectivity index (χ0v) is 11.4. The van der Waals surface area contributed by atoms with Gasteiger partial charge in [-0.2, -0.15) is 5.10 Å². The number of carbonyl (C=O) groups is 2. The third-order valence-electron chi connectivity index (χ3n) is 3.47. The molecule has 0 atom stereocenters. The quantitative estimate of drug-likeness (QED) is 0.804. The van der Waals surface area contributed by atoms with Crippen LogP contribution in [-0.2, 0) is 16.6 Å². The third-order valence-corrected chi connectivity index (χ3v) is 3.47. The average molecular weight is 264 g/mol. The van der Waals surface area contributed by atoms with E-state index in [1.807, 2.05) is 13.1 Å². The molecule has 6 nitrogen and oxygen atoms in total. The number of anilines is 1. The maximum absolute atomic E-state index is 11.6. The molecule has 1 aromatic rings. The number of aromatic nitrogens is 2. The number of carbonyl (C=O) groups excluding carboxylic acids is 2. The lowest BCUT2D eigenvalue weighted by atomic mass is 10.0. The molecule has 1 heterocycles. The molecule has 2 N–H and O–H groups in total. The van der Waals surface area contributed by atoms with Gasteiger partial charge in [0.15, 0.2) is 5.82 Å². The number of nitrogens with one attached hydrogen (secondary N) is 2. The molecule has 0 aromatic carbocycles. The molecular formula is C13H20N4O2. The van der Waals surface area contributed by atoms with E-state index in [2.05, 4.69) is 15.7 Å². The number of rotatable bonds is 3. The summed E-state index contributed by atoms with van der Waals surface area (Å²) in [5.41, 5.74) is 1.13. The predicted octanol–water partition coefficient (Wildman–Crippen LogP) is 1.15. The molecule has 1 saturated carbocycles. The monoisotopic (exact) mass is 264 g/mol. The first-order valence-electron chi connectivity index (χ1n) is 6.75. The molecule has 2 amide bonds. The van der Waals surface area contributed by atoms with Crippen molar-refractivity contribution in [1.82, 2.24) is 15.1 Å². The molecule has 0 bridgehead atoms. The van der Waals surface area contributed by atoms with Crippen LogP contribution >= 0.6 is 0 Å². The first kappa shape index (κ1) is 13.6. The van der Waals surface area contributed by atoms with Crippen LogP contribution in [0.25, 0.3) is 0 Å². The Labute approximate surface area is 112 Å². The summed E-state index contributed by atoms with van der Waals surface area (Å²) in [4.78, 5) is 22.9. The summed E-state index contributed by atoms with van der Waals surface area (Å²) >= 11 is 0. The van der Waals surface area contributed by atoms with E-state index >= 15 is 0 Å². The van der Waals surface area contributed by atoms with Crippen molar-refractivity contribution in [3.8, 4) is 0 Å². The number of aryl methyl sites for hydroxylation is 1. The molecule has 1 aromatic heterocycles. The maximum Gasteiger partial charge on any atom is 0.314 e. The minimum atomic E-state index is -0.669. The Kier molecular flexibility index (Phi) is 4.19. The highest BCUT2D eigenvalue weighted by Crippen LogP contribution is 2.34. The third kappa shape index (κ3) is 3.13. The zero-order chi connectivity index (χ0) is 13.8. The Balaban J connectivity index is 2.03. The summed E-state index contributed by atoms with van der Waals surface area (Å²) in [5.74, 6) is -0.332. The van der Waals surface area contributed by atoms with Crippen LogP contribution in [0.2, 0.25) is 0 Å². The summed E-state index contributed by atoms with van der Waals surface area (Å²) in [7, 11) is 1.87. The van der Waals surface area contributed by atoms with E-state index in [-0.39, 0.29) is 0 Å². The van der Waals surface area contributed by atoms with E-state index < -0.39 is 11.8 Å². The van der Waals surface area contributed by atoms with Crippen molar-refractivity contribution in [3.63, 3.8) is 0 Å². The van der Waals surface area contributed by atoms with Crippen molar-refractivity contribution >= 4 is 17.6 Å². The molecule has 0 spiro atoms. The second-order valence-electron chi connectivity index (χ2n) is 4.87. The Hall–Kier alpha value is -1.85. The van der Waals surface area contributed by atoms with Gasteiger partial charge < -0.3 is 10.6 Å². The summed E-state index contributed by atoms with van der Waals surface area (Å²) < 4.78 is 1.79. The molecule has 0 unspecified atom stereocenters. The van der Waals surface area contributed by atoms with Crippen molar-refractivity contribution in [3.05, 3.63) is 11.8 Å². The molecule has 104 valence electrons. The largest absolute Gasteiger partial charge is 0.348 e. The van der Waals surface area contributed by atoms with Crippen LogP contribution in [0.4, 0.5) is 5.82 Å². The fourth-order valence-corrected chi connectivity index (χ4v) is 2.56. The van der Waals surface area contributed by atoms with E-state index in [9.17, 15) is 9.59 Å². The lowest BCUT2D eigenvalue weighted by molar-refractivity contribution is -0.136. The Morgan fingerprint density at radius 3 is 2.68 bits per heavy atom. The van der Waals surface area contributed by atoms with Gasteiger partial charge in [0.05, 0.1) is 0 Å². The summed E-state index contributed by atoms with van der Waals surface area (Å²) in [6.07, 6.45) is 4.83. The Morgan fingerprint density at radius 1 is 1.37 bits per heavy atom. The summed E-state index contributed by atoms with van der Waals surface area (Å²) in [5, 5.41) is 9.23. The number of likely N-dealkylation sites (N-methyl/N-ethyl adjacent to an activating group) is 1. The zero-order valence-electron chi connectivity index (χ0n) is 11.4. The fraction of sp³-hybridized carbons (Fsp3) is 0.615. The van der Waals surface area contributed by atoms with E-state index in [1.54, 1.807) is 11.6 Å². The number of hydrogen-bond acceptors (Lipinski definition) is 3. The van der Waals surface area contributed by atoms with Gasteiger partial charge in [0.2, 0.25) is 0 Å². The first-order chi connectivity index (χ1) is 9.11. The standard InChI is InChI=1S/C13H20N4O2/c1-3-14-12(18)13(19)15-11-8-10(17(2)16-11)9-6-4-5-7-9/h8-9H,3-7H2,1-2H3,(H,14,18)(H,15,16,19). The summed E-state index contributed by atoms with van der Waals surface area (Å²) in [6, 6.07) is 1.87. The number of nitrogens with zero attached hydrogens (tertiary/aromatic N) is 2. The van der Waals surface area contributed by atoms with E-state index in [1.165, 1.54) is 25.7 Å². The van der Waals surface area contributed by atoms with Gasteiger partial charge in [-0.25, -0.2) is 0 Å². The van der Waals surface area contributed by atoms with Gasteiger partial charge in [-0.3, -0.25) is 14.3 Å². The van der Waals surface area contributed by atoms with Gasteiger partial charge in [0.25, 0.3) is 0 Å². The number of hydrogen-bond donors (Lipinski definition) is 2. The lowest BCUT2D eigenvalue weighted by Gasteiger charge is -2.07. The lowest BCUT2D eigenvalue weighted by Crippen LogP contribution is -2.35. The van der Waals surface area contributed by atoms with E-state index in [0.717, 1.165) is 5.69 Å². The van der Waals surface area contributed by atoms with Crippen molar-refractivity contribution in [1.29, 1.82) is 0 Å². The topological polar surface area (TPSA) is 76.0 Å². The highest BCUT2D eigenvalue weighted by Gasteiger charge is 2.22. The van der Waals surface area contributed by atoms with Gasteiger partial charge in [-0.1, -0.05) is 12.8 Å². The van der Waals surface area contributed by atoms with Crippen LogP contribution < -0.4 is 10.6 Å². The molecule has 19 heavy (non-hydrogen) atoms. The van der Waals surface area contributed by atoms with Crippen LogP contribution in [0.15, 0.2) is 6.07 Å². The molecule has 2 rings (SSSR count). The van der Waals surface area contributed by atoms with Crippen LogP contribution in [0.3, 0.4) is 0 Å². The SMILES string of the molecule is CCNC(=O)C(=O)Nc1cc(C2CCCC2)n(C)n1. The van der Waals surface area contributed by atoms with E-state index in [0.29, 0.717) is 18.3 Å². The van der Waals surface area contributed by atoms with E-state index in [4.69, 9.17) is 0 Å². The number of amides is 2. The molecular weight excluding hydrogens is 244 g/mol. The Bertz CT molecular complexity index is 475. The maximum atomic E-state index is 11.6. The Morgan fingerprint density at radius 2 is 2.05 bits per heavy atom. The van der Waals surface area contributed by atoms with Gasteiger partial charge in [-0.05, 0) is 19.8 Å². The molecule has 0 radical (unpaired) electrons. The van der Waals surface area contributed by atoms with Gasteiger partial charge in [-0.15, -0.1) is 0 Å². The van der Waals surface area contributed by atoms with Gasteiger partial charge >= 0.3 is 11.8 Å². The van der Waals surface area contributed by atoms with Crippen LogP contribution in [-0.4, -0.2) is 28.1 Å². The second kappa shape index (κ2) is 5.86.